The number of fused-ring (bicyclic) bond motifs is 1. The Labute approximate surface area is 173 Å². The lowest BCUT2D eigenvalue weighted by atomic mass is 10.2. The summed E-state index contributed by atoms with van der Waals surface area (Å²) in [6.45, 7) is 3.09. The molecule has 1 aliphatic rings. The molecule has 3 heterocycles. The van der Waals surface area contributed by atoms with E-state index in [4.69, 9.17) is 10.5 Å². The predicted octanol–water partition coefficient (Wildman–Crippen LogP) is 1.71. The van der Waals surface area contributed by atoms with Gasteiger partial charge in [-0.3, -0.25) is 4.57 Å². The van der Waals surface area contributed by atoms with Gasteiger partial charge in [-0.2, -0.15) is 4.98 Å². The number of hydrogen-bond acceptors (Lipinski definition) is 7. The quantitative estimate of drug-likeness (QED) is 0.592. The maximum Gasteiger partial charge on any atom is 0.339 e. The molecule has 2 aromatic heterocycles. The fraction of sp³-hybridized carbons (Fsp3) is 0.368. The van der Waals surface area contributed by atoms with Crippen LogP contribution in [0.1, 0.15) is 25.3 Å². The number of benzene rings is 1. The minimum absolute atomic E-state index is 0.0777. The number of likely N-dealkylation sites (tertiary alicyclic amines) is 1. The van der Waals surface area contributed by atoms with E-state index >= 15 is 0 Å². The van der Waals surface area contributed by atoms with Gasteiger partial charge >= 0.3 is 11.7 Å². The van der Waals surface area contributed by atoms with Crippen LogP contribution >= 0.6 is 0 Å². The van der Waals surface area contributed by atoms with Gasteiger partial charge in [0.2, 0.25) is 5.16 Å². The van der Waals surface area contributed by atoms with Crippen molar-refractivity contribution in [3.05, 3.63) is 46.4 Å². The molecule has 1 unspecified atom stereocenters. The average Bonchev–Trinajstić information content (AvgIpc) is 2.94. The molecule has 3 N–H and O–H groups in total. The number of imidazole rings is 1. The number of rotatable bonds is 5. The topological polar surface area (TPSA) is 140 Å². The normalized spacial score (nSPS) is 15.7. The lowest BCUT2D eigenvalue weighted by molar-refractivity contribution is 0.169. The SMILES string of the molecule is CCCS(=N)(=O)c1nc(N)c2c(n1)n(Cc1ccccc1)c(=O)n2C(=O)N1CCC1. The van der Waals surface area contributed by atoms with Crippen LogP contribution in [0.4, 0.5) is 10.6 Å². The third-order valence-corrected chi connectivity index (χ3v) is 6.82. The summed E-state index contributed by atoms with van der Waals surface area (Å²) in [7, 11) is -3.27. The highest BCUT2D eigenvalue weighted by atomic mass is 32.2. The van der Waals surface area contributed by atoms with Crippen molar-refractivity contribution < 1.29 is 9.00 Å². The number of carbonyl (C=O) groups is 1. The number of nitrogens with zero attached hydrogens (tertiary/aromatic N) is 5. The van der Waals surface area contributed by atoms with E-state index in [2.05, 4.69) is 9.97 Å². The van der Waals surface area contributed by atoms with Crippen LogP contribution in [0.25, 0.3) is 11.2 Å². The number of nitrogens with one attached hydrogen (secondary N) is 1. The Bertz CT molecular complexity index is 1270. The van der Waals surface area contributed by atoms with Crippen molar-refractivity contribution in [2.24, 2.45) is 0 Å². The number of nitrogens with two attached hydrogens (primary N) is 1. The van der Waals surface area contributed by atoms with E-state index in [0.29, 0.717) is 19.5 Å². The summed E-state index contributed by atoms with van der Waals surface area (Å²) >= 11 is 0. The van der Waals surface area contributed by atoms with Gasteiger partial charge in [0.25, 0.3) is 0 Å². The molecule has 158 valence electrons. The Morgan fingerprint density at radius 1 is 1.23 bits per heavy atom. The molecule has 1 saturated heterocycles. The van der Waals surface area contributed by atoms with Crippen LogP contribution in [0.5, 0.6) is 0 Å². The first-order valence-corrected chi connectivity index (χ1v) is 11.4. The molecular weight excluding hydrogens is 406 g/mol. The molecule has 1 aromatic carbocycles. The van der Waals surface area contributed by atoms with Crippen LogP contribution in [-0.4, -0.2) is 53.1 Å². The molecule has 30 heavy (non-hydrogen) atoms. The van der Waals surface area contributed by atoms with E-state index in [0.717, 1.165) is 16.6 Å². The second-order valence-corrected chi connectivity index (χ2v) is 9.38. The van der Waals surface area contributed by atoms with Crippen molar-refractivity contribution in [2.75, 3.05) is 24.6 Å². The van der Waals surface area contributed by atoms with Crippen molar-refractivity contribution in [3.8, 4) is 0 Å². The van der Waals surface area contributed by atoms with Crippen molar-refractivity contribution in [1.29, 1.82) is 4.78 Å². The molecule has 10 nitrogen and oxygen atoms in total. The smallest absolute Gasteiger partial charge is 0.339 e. The van der Waals surface area contributed by atoms with Crippen LogP contribution in [0.2, 0.25) is 0 Å². The number of amides is 1. The standard InChI is InChI=1S/C19H23N7O3S/c1-2-11-30(21,29)17-22-15(20)14-16(23-17)25(12-13-7-4-3-5-8-13)19(28)26(14)18(27)24-9-6-10-24/h3-5,7-8,21H,2,6,9-12H2,1H3,(H2,20,22,23). The molecule has 1 aliphatic heterocycles. The van der Waals surface area contributed by atoms with Gasteiger partial charge in [0.1, 0.15) is 15.2 Å². The summed E-state index contributed by atoms with van der Waals surface area (Å²) in [4.78, 5) is 36.1. The first-order chi connectivity index (χ1) is 14.3. The average molecular weight is 430 g/mol. The second kappa shape index (κ2) is 7.56. The molecule has 11 heteroatoms. The van der Waals surface area contributed by atoms with Gasteiger partial charge in [0.05, 0.1) is 6.54 Å². The van der Waals surface area contributed by atoms with Gasteiger partial charge in [-0.05, 0) is 18.4 Å². The van der Waals surface area contributed by atoms with Gasteiger partial charge in [-0.15, -0.1) is 0 Å². The highest BCUT2D eigenvalue weighted by Gasteiger charge is 2.30. The summed E-state index contributed by atoms with van der Waals surface area (Å²) < 4.78 is 23.2. The fourth-order valence-corrected chi connectivity index (χ4v) is 4.65. The van der Waals surface area contributed by atoms with Crippen molar-refractivity contribution in [1.82, 2.24) is 24.0 Å². The minimum atomic E-state index is -3.27. The van der Waals surface area contributed by atoms with Gasteiger partial charge in [0.15, 0.2) is 11.5 Å². The van der Waals surface area contributed by atoms with Gasteiger partial charge in [0, 0.05) is 18.8 Å². The number of nitrogen functional groups attached to an aromatic ring is 1. The maximum atomic E-state index is 13.3. The first kappa shape index (κ1) is 20.1. The number of anilines is 1. The molecule has 0 radical (unpaired) electrons. The van der Waals surface area contributed by atoms with Crippen LogP contribution in [0, 0.1) is 4.78 Å². The van der Waals surface area contributed by atoms with E-state index in [-0.39, 0.29) is 34.4 Å². The number of carbonyl (C=O) groups excluding carboxylic acids is 1. The van der Waals surface area contributed by atoms with E-state index in [1.165, 1.54) is 4.57 Å². The molecular formula is C19H23N7O3S. The summed E-state index contributed by atoms with van der Waals surface area (Å²) in [5.74, 6) is -0.0577. The maximum absolute atomic E-state index is 13.3. The molecule has 4 rings (SSSR count). The van der Waals surface area contributed by atoms with Crippen molar-refractivity contribution in [2.45, 2.75) is 31.5 Å². The summed E-state index contributed by atoms with van der Waals surface area (Å²) in [6, 6.07) is 8.77. The highest BCUT2D eigenvalue weighted by Crippen LogP contribution is 2.22. The Morgan fingerprint density at radius 2 is 1.93 bits per heavy atom. The highest BCUT2D eigenvalue weighted by molar-refractivity contribution is 7.92. The minimum Gasteiger partial charge on any atom is -0.382 e. The van der Waals surface area contributed by atoms with E-state index in [1.54, 1.807) is 4.90 Å². The zero-order valence-corrected chi connectivity index (χ0v) is 17.4. The zero-order chi connectivity index (χ0) is 21.5. The second-order valence-electron chi connectivity index (χ2n) is 7.26. The van der Waals surface area contributed by atoms with Gasteiger partial charge in [-0.25, -0.2) is 28.1 Å². The molecule has 1 amide bonds. The molecule has 1 fully saturated rings. The third kappa shape index (κ3) is 3.34. The number of hydrogen-bond donors (Lipinski definition) is 2. The Hall–Kier alpha value is -3.21. The van der Waals surface area contributed by atoms with Crippen LogP contribution < -0.4 is 11.4 Å². The Morgan fingerprint density at radius 3 is 2.53 bits per heavy atom. The molecule has 0 bridgehead atoms. The zero-order valence-electron chi connectivity index (χ0n) is 16.6. The Kier molecular flexibility index (Phi) is 5.06. The Balaban J connectivity index is 1.97. The predicted molar refractivity (Wildman–Crippen MR) is 113 cm³/mol. The van der Waals surface area contributed by atoms with E-state index in [1.807, 2.05) is 37.3 Å². The van der Waals surface area contributed by atoms with Crippen LogP contribution in [0.3, 0.4) is 0 Å². The van der Waals surface area contributed by atoms with Crippen LogP contribution in [0.15, 0.2) is 40.3 Å². The third-order valence-electron chi connectivity index (χ3n) is 5.06. The van der Waals surface area contributed by atoms with Crippen molar-refractivity contribution >= 4 is 32.7 Å². The molecule has 0 saturated carbocycles. The van der Waals surface area contributed by atoms with Gasteiger partial charge in [-0.1, -0.05) is 37.3 Å². The molecule has 1 atom stereocenters. The molecule has 3 aromatic rings. The fourth-order valence-electron chi connectivity index (χ4n) is 3.41. The monoisotopic (exact) mass is 429 g/mol. The largest absolute Gasteiger partial charge is 0.382 e. The lowest BCUT2D eigenvalue weighted by Gasteiger charge is -2.30. The van der Waals surface area contributed by atoms with E-state index in [9.17, 15) is 13.8 Å². The van der Waals surface area contributed by atoms with Crippen molar-refractivity contribution in [3.63, 3.8) is 0 Å². The van der Waals surface area contributed by atoms with E-state index < -0.39 is 21.4 Å². The summed E-state index contributed by atoms with van der Waals surface area (Å²) in [6.07, 6.45) is 1.38. The van der Waals surface area contributed by atoms with Gasteiger partial charge < -0.3 is 10.6 Å². The molecule has 0 spiro atoms. The number of aromatic nitrogens is 4. The lowest BCUT2D eigenvalue weighted by Crippen LogP contribution is -2.47. The summed E-state index contributed by atoms with van der Waals surface area (Å²) in [5.41, 5.74) is 6.55. The van der Waals surface area contributed by atoms with Crippen LogP contribution in [-0.2, 0) is 16.3 Å². The summed E-state index contributed by atoms with van der Waals surface area (Å²) in [5, 5.41) is -0.218. The molecule has 0 aliphatic carbocycles. The first-order valence-electron chi connectivity index (χ1n) is 9.72.